The van der Waals surface area contributed by atoms with E-state index >= 15 is 0 Å². The molecule has 2 aromatic rings. The number of aromatic nitrogens is 2. The van der Waals surface area contributed by atoms with Crippen molar-refractivity contribution in [2.45, 2.75) is 0 Å². The predicted octanol–water partition coefficient (Wildman–Crippen LogP) is 3.04. The van der Waals surface area contributed by atoms with Gasteiger partial charge in [-0.15, -0.1) is 0 Å². The van der Waals surface area contributed by atoms with E-state index in [0.717, 1.165) is 3.57 Å². The van der Waals surface area contributed by atoms with Crippen LogP contribution in [-0.4, -0.2) is 14.7 Å². The van der Waals surface area contributed by atoms with Crippen molar-refractivity contribution in [1.29, 1.82) is 0 Å². The summed E-state index contributed by atoms with van der Waals surface area (Å²) >= 11 is 7.89. The van der Waals surface area contributed by atoms with Crippen molar-refractivity contribution in [3.05, 3.63) is 49.3 Å². The number of halogens is 2. The molecule has 16 heavy (non-hydrogen) atoms. The standard InChI is InChI=1S/C9H5ClIN3O2/c10-6-1-2-8(14(15)16)9(3-6)13-5-7(11)4-12-13/h1-5H. The van der Waals surface area contributed by atoms with Gasteiger partial charge in [0.15, 0.2) is 0 Å². The molecule has 0 spiro atoms. The first-order chi connectivity index (χ1) is 7.58. The highest BCUT2D eigenvalue weighted by atomic mass is 127. The summed E-state index contributed by atoms with van der Waals surface area (Å²) in [5.74, 6) is 0. The lowest BCUT2D eigenvalue weighted by Crippen LogP contribution is -2.00. The Labute approximate surface area is 109 Å². The molecule has 0 aliphatic carbocycles. The van der Waals surface area contributed by atoms with Crippen LogP contribution in [0.2, 0.25) is 5.02 Å². The Hall–Kier alpha value is -1.15. The van der Waals surface area contributed by atoms with Gasteiger partial charge in [0.1, 0.15) is 5.69 Å². The van der Waals surface area contributed by atoms with Crippen LogP contribution in [0, 0.1) is 13.7 Å². The fourth-order valence-electron chi connectivity index (χ4n) is 1.27. The van der Waals surface area contributed by atoms with E-state index in [-0.39, 0.29) is 5.69 Å². The van der Waals surface area contributed by atoms with Crippen molar-refractivity contribution in [1.82, 2.24) is 9.78 Å². The highest BCUT2D eigenvalue weighted by Crippen LogP contribution is 2.26. The summed E-state index contributed by atoms with van der Waals surface area (Å²) < 4.78 is 2.33. The molecule has 1 aromatic carbocycles. The van der Waals surface area contributed by atoms with Gasteiger partial charge in [0.25, 0.3) is 5.69 Å². The maximum atomic E-state index is 10.8. The van der Waals surface area contributed by atoms with Crippen LogP contribution < -0.4 is 0 Å². The van der Waals surface area contributed by atoms with Gasteiger partial charge in [-0.1, -0.05) is 11.6 Å². The normalized spacial score (nSPS) is 10.4. The molecule has 2 rings (SSSR count). The van der Waals surface area contributed by atoms with Crippen molar-refractivity contribution in [3.8, 4) is 5.69 Å². The monoisotopic (exact) mass is 349 g/mol. The lowest BCUT2D eigenvalue weighted by molar-refractivity contribution is -0.384. The second kappa shape index (κ2) is 4.38. The van der Waals surface area contributed by atoms with Crippen LogP contribution in [0.1, 0.15) is 0 Å². The zero-order valence-corrected chi connectivity index (χ0v) is 10.7. The Balaban J connectivity index is 2.62. The molecule has 5 nitrogen and oxygen atoms in total. The first-order valence-corrected chi connectivity index (χ1v) is 5.68. The highest BCUT2D eigenvalue weighted by molar-refractivity contribution is 14.1. The van der Waals surface area contributed by atoms with Gasteiger partial charge in [0.05, 0.1) is 14.7 Å². The second-order valence-electron chi connectivity index (χ2n) is 2.99. The average Bonchev–Trinajstić information content (AvgIpc) is 2.64. The van der Waals surface area contributed by atoms with Crippen molar-refractivity contribution in [2.24, 2.45) is 0 Å². The largest absolute Gasteiger partial charge is 0.294 e. The molecule has 0 saturated carbocycles. The average molecular weight is 350 g/mol. The smallest absolute Gasteiger partial charge is 0.258 e. The number of hydrogen-bond donors (Lipinski definition) is 0. The van der Waals surface area contributed by atoms with Crippen molar-refractivity contribution >= 4 is 39.9 Å². The van der Waals surface area contributed by atoms with Crippen LogP contribution in [0.4, 0.5) is 5.69 Å². The highest BCUT2D eigenvalue weighted by Gasteiger charge is 2.16. The van der Waals surface area contributed by atoms with Crippen LogP contribution >= 0.6 is 34.2 Å². The van der Waals surface area contributed by atoms with Gasteiger partial charge in [-0.05, 0) is 34.7 Å². The van der Waals surface area contributed by atoms with E-state index in [2.05, 4.69) is 27.7 Å². The SMILES string of the molecule is O=[N+]([O-])c1ccc(Cl)cc1-n1cc(I)cn1. The molecule has 7 heteroatoms. The fraction of sp³-hybridized carbons (Fsp3) is 0. The van der Waals surface area contributed by atoms with Gasteiger partial charge < -0.3 is 0 Å². The van der Waals surface area contributed by atoms with Crippen LogP contribution in [0.25, 0.3) is 5.69 Å². The Kier molecular flexibility index (Phi) is 3.10. The van der Waals surface area contributed by atoms with Crippen molar-refractivity contribution in [3.63, 3.8) is 0 Å². The van der Waals surface area contributed by atoms with Gasteiger partial charge in [-0.3, -0.25) is 10.1 Å². The Morgan fingerprint density at radius 1 is 1.50 bits per heavy atom. The van der Waals surface area contributed by atoms with Crippen LogP contribution in [0.3, 0.4) is 0 Å². The molecule has 0 atom stereocenters. The maximum Gasteiger partial charge on any atom is 0.294 e. The molecule has 0 fully saturated rings. The van der Waals surface area contributed by atoms with Crippen LogP contribution in [-0.2, 0) is 0 Å². The van der Waals surface area contributed by atoms with Gasteiger partial charge >= 0.3 is 0 Å². The molecule has 0 unspecified atom stereocenters. The minimum atomic E-state index is -0.458. The van der Waals surface area contributed by atoms with Gasteiger partial charge in [-0.25, -0.2) is 4.68 Å². The third kappa shape index (κ3) is 2.17. The summed E-state index contributed by atoms with van der Waals surface area (Å²) in [7, 11) is 0. The molecular weight excluding hydrogens is 344 g/mol. The Bertz CT molecular complexity index is 555. The van der Waals surface area contributed by atoms with E-state index < -0.39 is 4.92 Å². The number of rotatable bonds is 2. The first-order valence-electron chi connectivity index (χ1n) is 4.22. The Morgan fingerprint density at radius 3 is 2.81 bits per heavy atom. The molecular formula is C9H5ClIN3O2. The van der Waals surface area contributed by atoms with Crippen molar-refractivity contribution in [2.75, 3.05) is 0 Å². The third-order valence-electron chi connectivity index (χ3n) is 1.93. The molecule has 0 aliphatic heterocycles. The number of hydrogen-bond acceptors (Lipinski definition) is 3. The molecule has 0 radical (unpaired) electrons. The molecule has 1 aromatic heterocycles. The molecule has 82 valence electrons. The van der Waals surface area contributed by atoms with Crippen molar-refractivity contribution < 1.29 is 4.92 Å². The van der Waals surface area contributed by atoms with E-state index in [1.807, 2.05) is 0 Å². The molecule has 0 saturated heterocycles. The minimum Gasteiger partial charge on any atom is -0.258 e. The lowest BCUT2D eigenvalue weighted by Gasteiger charge is -2.02. The number of nitro benzene ring substituents is 1. The second-order valence-corrected chi connectivity index (χ2v) is 4.68. The van der Waals surface area contributed by atoms with E-state index in [9.17, 15) is 10.1 Å². The molecule has 0 bridgehead atoms. The molecule has 0 N–H and O–H groups in total. The number of nitro groups is 1. The van der Waals surface area contributed by atoms with E-state index in [1.54, 1.807) is 12.4 Å². The molecule has 1 heterocycles. The molecule has 0 amide bonds. The van der Waals surface area contributed by atoms with Crippen LogP contribution in [0.5, 0.6) is 0 Å². The first kappa shape index (κ1) is 11.3. The quantitative estimate of drug-likeness (QED) is 0.476. The van der Waals surface area contributed by atoms with Gasteiger partial charge in [0.2, 0.25) is 0 Å². The molecule has 0 aliphatic rings. The third-order valence-corrected chi connectivity index (χ3v) is 2.72. The predicted molar refractivity (Wildman–Crippen MR) is 67.9 cm³/mol. The summed E-state index contributed by atoms with van der Waals surface area (Å²) in [6.45, 7) is 0. The summed E-state index contributed by atoms with van der Waals surface area (Å²) in [6, 6.07) is 4.37. The Morgan fingerprint density at radius 2 is 2.25 bits per heavy atom. The summed E-state index contributed by atoms with van der Waals surface area (Å²) in [5.41, 5.74) is 0.337. The fourth-order valence-corrected chi connectivity index (χ4v) is 1.82. The maximum absolute atomic E-state index is 10.8. The van der Waals surface area contributed by atoms with Gasteiger partial charge in [0, 0.05) is 17.3 Å². The van der Waals surface area contributed by atoms with Crippen LogP contribution in [0.15, 0.2) is 30.6 Å². The lowest BCUT2D eigenvalue weighted by atomic mass is 10.3. The van der Waals surface area contributed by atoms with E-state index in [4.69, 9.17) is 11.6 Å². The summed E-state index contributed by atoms with van der Waals surface area (Å²) in [4.78, 5) is 10.4. The topological polar surface area (TPSA) is 61.0 Å². The number of nitrogens with zero attached hydrogens (tertiary/aromatic N) is 3. The van der Waals surface area contributed by atoms with Gasteiger partial charge in [-0.2, -0.15) is 5.10 Å². The summed E-state index contributed by atoms with van der Waals surface area (Å²) in [5, 5.41) is 15.3. The summed E-state index contributed by atoms with van der Waals surface area (Å²) in [6.07, 6.45) is 3.31. The zero-order valence-electron chi connectivity index (χ0n) is 7.80. The zero-order chi connectivity index (χ0) is 11.7. The number of benzene rings is 1. The van der Waals surface area contributed by atoms with E-state index in [1.165, 1.54) is 22.9 Å². The minimum absolute atomic E-state index is 0.0242. The van der Waals surface area contributed by atoms with E-state index in [0.29, 0.717) is 10.7 Å².